The minimum atomic E-state index is -4.42. The number of nitrogen functional groups attached to an aromatic ring is 1. The molecular weight excluding hydrogens is 247 g/mol. The van der Waals surface area contributed by atoms with Crippen LogP contribution in [0.3, 0.4) is 0 Å². The molecule has 0 bridgehead atoms. The van der Waals surface area contributed by atoms with E-state index in [2.05, 4.69) is 10.3 Å². The summed E-state index contributed by atoms with van der Waals surface area (Å²) in [7, 11) is 0. The van der Waals surface area contributed by atoms with E-state index in [0.717, 1.165) is 31.7 Å². The Balaban J connectivity index is 2.01. The van der Waals surface area contributed by atoms with Gasteiger partial charge in [-0.25, -0.2) is 4.98 Å². The van der Waals surface area contributed by atoms with Crippen LogP contribution in [0.1, 0.15) is 18.4 Å². The summed E-state index contributed by atoms with van der Waals surface area (Å²) < 4.78 is 42.6. The molecule has 2 rings (SSSR count). The fourth-order valence-corrected chi connectivity index (χ4v) is 1.80. The van der Waals surface area contributed by atoms with Gasteiger partial charge >= 0.3 is 6.18 Å². The fraction of sp³-hybridized carbons (Fsp3) is 0.545. The van der Waals surface area contributed by atoms with Crippen LogP contribution in [0, 0.1) is 0 Å². The van der Waals surface area contributed by atoms with Gasteiger partial charge in [-0.1, -0.05) is 0 Å². The number of anilines is 2. The average Bonchev–Trinajstić information content (AvgIpc) is 2.79. The number of hydrogen-bond donors (Lipinski definition) is 2. The Morgan fingerprint density at radius 3 is 2.83 bits per heavy atom. The van der Waals surface area contributed by atoms with Crippen molar-refractivity contribution >= 4 is 11.5 Å². The predicted octanol–water partition coefficient (Wildman–Crippen LogP) is 2.27. The van der Waals surface area contributed by atoms with Gasteiger partial charge in [0.2, 0.25) is 0 Å². The van der Waals surface area contributed by atoms with Gasteiger partial charge < -0.3 is 15.8 Å². The largest absolute Gasteiger partial charge is 0.417 e. The van der Waals surface area contributed by atoms with Gasteiger partial charge in [0.25, 0.3) is 0 Å². The molecule has 18 heavy (non-hydrogen) atoms. The maximum atomic E-state index is 12.4. The van der Waals surface area contributed by atoms with Gasteiger partial charge in [-0.15, -0.1) is 0 Å². The van der Waals surface area contributed by atoms with Crippen molar-refractivity contribution in [2.75, 3.05) is 24.2 Å². The SMILES string of the molecule is Nc1cc(C(F)(F)F)cnc1NC[C@H]1CCCO1. The molecule has 0 unspecified atom stereocenters. The molecule has 1 aromatic heterocycles. The molecule has 1 aliphatic rings. The minimum absolute atomic E-state index is 0.0113. The van der Waals surface area contributed by atoms with Crippen LogP contribution in [0.5, 0.6) is 0 Å². The molecule has 0 aliphatic carbocycles. The molecular formula is C11H14F3N3O. The third-order valence-corrected chi connectivity index (χ3v) is 2.77. The summed E-state index contributed by atoms with van der Waals surface area (Å²) >= 11 is 0. The van der Waals surface area contributed by atoms with Crippen molar-refractivity contribution in [1.29, 1.82) is 0 Å². The fourth-order valence-electron chi connectivity index (χ4n) is 1.80. The second kappa shape index (κ2) is 5.01. The molecule has 4 nitrogen and oxygen atoms in total. The number of nitrogens with two attached hydrogens (primary N) is 1. The summed E-state index contributed by atoms with van der Waals surface area (Å²) in [6.07, 6.45) is -1.63. The summed E-state index contributed by atoms with van der Waals surface area (Å²) in [5.41, 5.74) is 4.68. The zero-order chi connectivity index (χ0) is 13.2. The quantitative estimate of drug-likeness (QED) is 0.876. The number of aromatic nitrogens is 1. The highest BCUT2D eigenvalue weighted by Crippen LogP contribution is 2.31. The Morgan fingerprint density at radius 1 is 1.50 bits per heavy atom. The van der Waals surface area contributed by atoms with E-state index in [-0.39, 0.29) is 17.6 Å². The first-order chi connectivity index (χ1) is 8.47. The first-order valence-electron chi connectivity index (χ1n) is 5.65. The maximum Gasteiger partial charge on any atom is 0.417 e. The highest BCUT2D eigenvalue weighted by Gasteiger charge is 2.31. The molecule has 0 amide bonds. The van der Waals surface area contributed by atoms with Crippen LogP contribution >= 0.6 is 0 Å². The van der Waals surface area contributed by atoms with Crippen molar-refractivity contribution in [1.82, 2.24) is 4.98 Å². The van der Waals surface area contributed by atoms with Crippen molar-refractivity contribution in [3.8, 4) is 0 Å². The van der Waals surface area contributed by atoms with Gasteiger partial charge in [0.05, 0.1) is 17.4 Å². The molecule has 1 saturated heterocycles. The lowest BCUT2D eigenvalue weighted by Crippen LogP contribution is -2.20. The number of alkyl halides is 3. The summed E-state index contributed by atoms with van der Waals surface area (Å²) in [6, 6.07) is 0.880. The van der Waals surface area contributed by atoms with Gasteiger partial charge in [-0.05, 0) is 18.9 Å². The topological polar surface area (TPSA) is 60.2 Å². The molecule has 100 valence electrons. The minimum Gasteiger partial charge on any atom is -0.396 e. The Labute approximate surface area is 102 Å². The van der Waals surface area contributed by atoms with Crippen LogP contribution in [-0.4, -0.2) is 24.2 Å². The van der Waals surface area contributed by atoms with Gasteiger partial charge in [0.1, 0.15) is 5.82 Å². The molecule has 0 spiro atoms. The molecule has 3 N–H and O–H groups in total. The molecule has 7 heteroatoms. The standard InChI is InChI=1S/C11H14F3N3O/c12-11(13,14)7-4-9(15)10(16-5-7)17-6-8-2-1-3-18-8/h4-5,8H,1-3,6,15H2,(H,16,17)/t8-/m1/s1. The predicted molar refractivity (Wildman–Crippen MR) is 61.1 cm³/mol. The number of rotatable bonds is 3. The second-order valence-corrected chi connectivity index (χ2v) is 4.18. The first kappa shape index (κ1) is 12.9. The second-order valence-electron chi connectivity index (χ2n) is 4.18. The molecule has 0 saturated carbocycles. The number of hydrogen-bond acceptors (Lipinski definition) is 4. The van der Waals surface area contributed by atoms with Crippen LogP contribution in [0.15, 0.2) is 12.3 Å². The third kappa shape index (κ3) is 3.04. The lowest BCUT2D eigenvalue weighted by molar-refractivity contribution is -0.137. The Bertz CT molecular complexity index is 416. The molecule has 1 aromatic rings. The van der Waals surface area contributed by atoms with Crippen molar-refractivity contribution in [3.63, 3.8) is 0 Å². The van der Waals surface area contributed by atoms with Crippen LogP contribution < -0.4 is 11.1 Å². The summed E-state index contributed by atoms with van der Waals surface area (Å²) in [4.78, 5) is 3.69. The highest BCUT2D eigenvalue weighted by atomic mass is 19.4. The van der Waals surface area contributed by atoms with Gasteiger partial charge in [-0.3, -0.25) is 0 Å². The Morgan fingerprint density at radius 2 is 2.28 bits per heavy atom. The smallest absolute Gasteiger partial charge is 0.396 e. The van der Waals surface area contributed by atoms with Crippen LogP contribution in [-0.2, 0) is 10.9 Å². The molecule has 2 heterocycles. The van der Waals surface area contributed by atoms with Crippen molar-refractivity contribution in [2.24, 2.45) is 0 Å². The summed E-state index contributed by atoms with van der Waals surface area (Å²) in [5.74, 6) is 0.262. The Kier molecular flexibility index (Phi) is 3.60. The van der Waals surface area contributed by atoms with Crippen molar-refractivity contribution in [2.45, 2.75) is 25.1 Å². The number of nitrogens with zero attached hydrogens (tertiary/aromatic N) is 1. The van der Waals surface area contributed by atoms with Crippen molar-refractivity contribution < 1.29 is 17.9 Å². The van der Waals surface area contributed by atoms with E-state index >= 15 is 0 Å². The number of pyridine rings is 1. The Hall–Kier alpha value is -1.50. The normalized spacial score (nSPS) is 20.1. The van der Waals surface area contributed by atoms with E-state index in [1.165, 1.54) is 0 Å². The van der Waals surface area contributed by atoms with E-state index in [0.29, 0.717) is 6.54 Å². The summed E-state index contributed by atoms with van der Waals surface area (Å²) in [5, 5.41) is 2.91. The van der Waals surface area contributed by atoms with E-state index in [1.807, 2.05) is 0 Å². The van der Waals surface area contributed by atoms with E-state index in [4.69, 9.17) is 10.5 Å². The van der Waals surface area contributed by atoms with Crippen molar-refractivity contribution in [3.05, 3.63) is 17.8 Å². The lowest BCUT2D eigenvalue weighted by Gasteiger charge is -2.14. The molecule has 1 aliphatic heterocycles. The zero-order valence-electron chi connectivity index (χ0n) is 9.63. The maximum absolute atomic E-state index is 12.4. The molecule has 1 fully saturated rings. The van der Waals surface area contributed by atoms with Gasteiger partial charge in [-0.2, -0.15) is 13.2 Å². The monoisotopic (exact) mass is 261 g/mol. The van der Waals surface area contributed by atoms with Gasteiger partial charge in [0, 0.05) is 19.3 Å². The zero-order valence-corrected chi connectivity index (χ0v) is 9.63. The van der Waals surface area contributed by atoms with Gasteiger partial charge in [0.15, 0.2) is 0 Å². The molecule has 1 atom stereocenters. The highest BCUT2D eigenvalue weighted by molar-refractivity contribution is 5.62. The molecule has 0 radical (unpaired) electrons. The van der Waals surface area contributed by atoms with E-state index in [9.17, 15) is 13.2 Å². The molecule has 0 aromatic carbocycles. The van der Waals surface area contributed by atoms with E-state index < -0.39 is 11.7 Å². The van der Waals surface area contributed by atoms with Crippen LogP contribution in [0.4, 0.5) is 24.7 Å². The lowest BCUT2D eigenvalue weighted by atomic mass is 10.2. The number of halogens is 3. The first-order valence-corrected chi connectivity index (χ1v) is 5.65. The van der Waals surface area contributed by atoms with Crippen LogP contribution in [0.25, 0.3) is 0 Å². The average molecular weight is 261 g/mol. The number of nitrogens with one attached hydrogen (secondary N) is 1. The third-order valence-electron chi connectivity index (χ3n) is 2.77. The number of ether oxygens (including phenoxy) is 1. The van der Waals surface area contributed by atoms with E-state index in [1.54, 1.807) is 0 Å². The summed E-state index contributed by atoms with van der Waals surface area (Å²) in [6.45, 7) is 1.23. The van der Waals surface area contributed by atoms with Crippen LogP contribution in [0.2, 0.25) is 0 Å².